The van der Waals surface area contributed by atoms with Crippen molar-refractivity contribution in [3.8, 4) is 0 Å². The Morgan fingerprint density at radius 2 is 1.81 bits per heavy atom. The minimum absolute atomic E-state index is 0.00883. The monoisotopic (exact) mass is 239 g/mol. The van der Waals surface area contributed by atoms with Crippen LogP contribution in [0, 0.1) is 5.92 Å². The number of hydrogen-bond acceptors (Lipinski definition) is 2. The molecule has 1 aliphatic heterocycles. The van der Waals surface area contributed by atoms with Gasteiger partial charge < -0.3 is 4.90 Å². The molecule has 0 saturated carbocycles. The lowest BCUT2D eigenvalue weighted by Gasteiger charge is -2.33. The summed E-state index contributed by atoms with van der Waals surface area (Å²) in [5, 5.41) is 0. The molecule has 0 atom stereocenters. The Labute approximate surface area is 92.5 Å². The minimum Gasteiger partial charge on any atom is -0.342 e. The highest BCUT2D eigenvalue weighted by Gasteiger charge is 2.35. The van der Waals surface area contributed by atoms with Crippen LogP contribution in [-0.4, -0.2) is 36.4 Å². The molecule has 16 heavy (non-hydrogen) atoms. The average molecular weight is 239 g/mol. The number of alkyl halides is 3. The van der Waals surface area contributed by atoms with Crippen molar-refractivity contribution in [1.82, 2.24) is 4.90 Å². The van der Waals surface area contributed by atoms with Gasteiger partial charge in [-0.25, -0.2) is 0 Å². The maximum atomic E-state index is 11.9. The predicted octanol–water partition coefficient (Wildman–Crippen LogP) is 2.17. The third-order valence-electron chi connectivity index (χ3n) is 2.55. The van der Waals surface area contributed by atoms with Crippen molar-refractivity contribution in [2.75, 3.05) is 13.1 Å². The number of hydrogen-bond donors (Lipinski definition) is 0. The van der Waals surface area contributed by atoms with Crippen molar-refractivity contribution in [1.29, 1.82) is 0 Å². The normalized spacial score (nSPS) is 19.2. The summed E-state index contributed by atoms with van der Waals surface area (Å²) < 4.78 is 39.7. The topological polar surface area (TPSA) is 29.5 Å². The van der Waals surface area contributed by atoms with Crippen LogP contribution in [0.1, 0.15) is 26.7 Å². The molecule has 1 saturated heterocycles. The largest absolute Gasteiger partial charge is 0.522 e. The van der Waals surface area contributed by atoms with Gasteiger partial charge in [0.2, 0.25) is 5.91 Å². The van der Waals surface area contributed by atoms with E-state index in [0.29, 0.717) is 13.1 Å². The van der Waals surface area contributed by atoms with Crippen molar-refractivity contribution in [3.63, 3.8) is 0 Å². The first-order chi connectivity index (χ1) is 7.29. The van der Waals surface area contributed by atoms with Crippen molar-refractivity contribution in [2.24, 2.45) is 5.92 Å². The van der Waals surface area contributed by atoms with E-state index in [-0.39, 0.29) is 24.7 Å². The molecule has 1 aliphatic rings. The molecule has 1 fully saturated rings. The van der Waals surface area contributed by atoms with Crippen molar-refractivity contribution in [3.05, 3.63) is 0 Å². The zero-order chi connectivity index (χ0) is 12.3. The number of carbonyl (C=O) groups excluding carboxylic acids is 1. The molecule has 0 aliphatic carbocycles. The van der Waals surface area contributed by atoms with Gasteiger partial charge in [0, 0.05) is 19.0 Å². The molecular weight excluding hydrogens is 223 g/mol. The minimum atomic E-state index is -4.57. The van der Waals surface area contributed by atoms with E-state index in [1.165, 1.54) is 0 Å². The molecule has 1 heterocycles. The molecule has 6 heteroatoms. The van der Waals surface area contributed by atoms with Gasteiger partial charge in [-0.2, -0.15) is 0 Å². The SMILES string of the molecule is CC(C)C(=O)N1CCC(OC(F)(F)F)CC1. The van der Waals surface area contributed by atoms with Gasteiger partial charge in [0.25, 0.3) is 0 Å². The van der Waals surface area contributed by atoms with Gasteiger partial charge in [0.1, 0.15) is 0 Å². The molecule has 0 radical (unpaired) electrons. The van der Waals surface area contributed by atoms with Crippen LogP contribution in [0.25, 0.3) is 0 Å². The molecule has 3 nitrogen and oxygen atoms in total. The van der Waals surface area contributed by atoms with Gasteiger partial charge in [-0.05, 0) is 12.8 Å². The fourth-order valence-electron chi connectivity index (χ4n) is 1.75. The average Bonchev–Trinajstić information content (AvgIpc) is 2.15. The van der Waals surface area contributed by atoms with Gasteiger partial charge in [0.05, 0.1) is 6.10 Å². The second-order valence-corrected chi connectivity index (χ2v) is 4.24. The number of ether oxygens (including phenoxy) is 1. The van der Waals surface area contributed by atoms with E-state index in [1.54, 1.807) is 18.7 Å². The third kappa shape index (κ3) is 4.00. The molecule has 0 aromatic carbocycles. The van der Waals surface area contributed by atoms with Crippen molar-refractivity contribution in [2.45, 2.75) is 39.2 Å². The quantitative estimate of drug-likeness (QED) is 0.739. The second kappa shape index (κ2) is 5.03. The Morgan fingerprint density at radius 1 is 1.31 bits per heavy atom. The van der Waals surface area contributed by atoms with E-state index in [1.807, 2.05) is 0 Å². The van der Waals surface area contributed by atoms with E-state index in [9.17, 15) is 18.0 Å². The summed E-state index contributed by atoms with van der Waals surface area (Å²) in [5.41, 5.74) is 0. The Bertz CT molecular complexity index is 245. The summed E-state index contributed by atoms with van der Waals surface area (Å²) in [5.74, 6) is -0.120. The molecule has 0 unspecified atom stereocenters. The van der Waals surface area contributed by atoms with E-state index >= 15 is 0 Å². The molecule has 0 aromatic heterocycles. The Morgan fingerprint density at radius 3 is 2.19 bits per heavy atom. The first kappa shape index (κ1) is 13.3. The Kier molecular flexibility index (Phi) is 4.18. The van der Waals surface area contributed by atoms with Crippen molar-refractivity contribution < 1.29 is 22.7 Å². The van der Waals surface area contributed by atoms with Crippen LogP contribution < -0.4 is 0 Å². The van der Waals surface area contributed by atoms with Crippen LogP contribution in [0.2, 0.25) is 0 Å². The number of nitrogens with zero attached hydrogens (tertiary/aromatic N) is 1. The molecule has 0 N–H and O–H groups in total. The maximum Gasteiger partial charge on any atom is 0.522 e. The van der Waals surface area contributed by atoms with E-state index in [0.717, 1.165) is 0 Å². The van der Waals surface area contributed by atoms with Gasteiger partial charge in [-0.1, -0.05) is 13.8 Å². The standard InChI is InChI=1S/C10H16F3NO2/c1-7(2)9(15)14-5-3-8(4-6-14)16-10(11,12)13/h7-8H,3-6H2,1-2H3. The fourth-order valence-corrected chi connectivity index (χ4v) is 1.75. The summed E-state index contributed by atoms with van der Waals surface area (Å²) in [6.07, 6.45) is -4.89. The molecule has 0 bridgehead atoms. The zero-order valence-electron chi connectivity index (χ0n) is 9.38. The van der Waals surface area contributed by atoms with Gasteiger partial charge in [0.15, 0.2) is 0 Å². The lowest BCUT2D eigenvalue weighted by molar-refractivity contribution is -0.345. The number of amides is 1. The molecule has 0 spiro atoms. The van der Waals surface area contributed by atoms with Crippen LogP contribution in [0.15, 0.2) is 0 Å². The summed E-state index contributed by atoms with van der Waals surface area (Å²) >= 11 is 0. The van der Waals surface area contributed by atoms with Gasteiger partial charge >= 0.3 is 6.36 Å². The third-order valence-corrected chi connectivity index (χ3v) is 2.55. The molecule has 0 aromatic rings. The Balaban J connectivity index is 2.37. The van der Waals surface area contributed by atoms with Crippen LogP contribution in [-0.2, 0) is 9.53 Å². The smallest absolute Gasteiger partial charge is 0.342 e. The summed E-state index contributed by atoms with van der Waals surface area (Å²) in [7, 11) is 0. The summed E-state index contributed by atoms with van der Waals surface area (Å²) in [4.78, 5) is 13.2. The highest BCUT2D eigenvalue weighted by molar-refractivity contribution is 5.78. The maximum absolute atomic E-state index is 11.9. The highest BCUT2D eigenvalue weighted by atomic mass is 19.4. The number of likely N-dealkylation sites (tertiary alicyclic amines) is 1. The fraction of sp³-hybridized carbons (Fsp3) is 0.900. The van der Waals surface area contributed by atoms with Crippen molar-refractivity contribution >= 4 is 5.91 Å². The van der Waals surface area contributed by atoms with Gasteiger partial charge in [-0.3, -0.25) is 9.53 Å². The molecule has 1 rings (SSSR count). The van der Waals surface area contributed by atoms with E-state index in [4.69, 9.17) is 0 Å². The molecule has 1 amide bonds. The lowest BCUT2D eigenvalue weighted by Crippen LogP contribution is -2.43. The first-order valence-electron chi connectivity index (χ1n) is 5.33. The van der Waals surface area contributed by atoms with E-state index < -0.39 is 12.5 Å². The number of carbonyl (C=O) groups is 1. The first-order valence-corrected chi connectivity index (χ1v) is 5.33. The zero-order valence-corrected chi connectivity index (χ0v) is 9.38. The van der Waals surface area contributed by atoms with E-state index in [2.05, 4.69) is 4.74 Å². The lowest BCUT2D eigenvalue weighted by atomic mass is 10.1. The number of piperidine rings is 1. The number of rotatable bonds is 2. The van der Waals surface area contributed by atoms with Crippen LogP contribution in [0.3, 0.4) is 0 Å². The molecule has 94 valence electrons. The van der Waals surface area contributed by atoms with Gasteiger partial charge in [-0.15, -0.1) is 13.2 Å². The highest BCUT2D eigenvalue weighted by Crippen LogP contribution is 2.24. The molecular formula is C10H16F3NO2. The van der Waals surface area contributed by atoms with Crippen LogP contribution >= 0.6 is 0 Å². The summed E-state index contributed by atoms with van der Waals surface area (Å²) in [6.45, 7) is 4.25. The van der Waals surface area contributed by atoms with Crippen LogP contribution in [0.5, 0.6) is 0 Å². The number of halogens is 3. The summed E-state index contributed by atoms with van der Waals surface area (Å²) in [6, 6.07) is 0. The Hall–Kier alpha value is -0.780. The van der Waals surface area contributed by atoms with Crippen LogP contribution in [0.4, 0.5) is 13.2 Å². The predicted molar refractivity (Wildman–Crippen MR) is 51.6 cm³/mol. The second-order valence-electron chi connectivity index (χ2n) is 4.24.